The number of esters is 1. The third kappa shape index (κ3) is 4.90. The zero-order chi connectivity index (χ0) is 26.8. The zero-order valence-electron chi connectivity index (χ0n) is 20.2. The van der Waals surface area contributed by atoms with E-state index in [-0.39, 0.29) is 23.4 Å². The van der Waals surface area contributed by atoms with Crippen molar-refractivity contribution in [2.75, 3.05) is 7.11 Å². The minimum atomic E-state index is -1.23. The Kier molecular flexibility index (Phi) is 6.49. The summed E-state index contributed by atoms with van der Waals surface area (Å²) >= 11 is 0. The summed E-state index contributed by atoms with van der Waals surface area (Å²) in [5.74, 6) is -2.01. The van der Waals surface area contributed by atoms with Crippen molar-refractivity contribution >= 4 is 39.7 Å². The number of nitrogens with zero attached hydrogens (tertiary/aromatic N) is 1. The van der Waals surface area contributed by atoms with Gasteiger partial charge < -0.3 is 24.7 Å². The number of phenols is 1. The number of carbonyl (C=O) groups is 3. The van der Waals surface area contributed by atoms with Crippen molar-refractivity contribution < 1.29 is 33.8 Å². The Balaban J connectivity index is 1.47. The molecule has 2 aromatic heterocycles. The molecule has 0 aliphatic heterocycles. The first-order valence-corrected chi connectivity index (χ1v) is 11.7. The number of methoxy groups -OCH3 is 1. The first-order chi connectivity index (χ1) is 18.3. The molecule has 5 aromatic rings. The highest BCUT2D eigenvalue weighted by molar-refractivity contribution is 6.07. The molecule has 0 unspecified atom stereocenters. The smallest absolute Gasteiger partial charge is 0.336 e. The first kappa shape index (κ1) is 24.5. The van der Waals surface area contributed by atoms with E-state index >= 15 is 0 Å². The zero-order valence-corrected chi connectivity index (χ0v) is 20.2. The van der Waals surface area contributed by atoms with Gasteiger partial charge in [0, 0.05) is 22.8 Å². The van der Waals surface area contributed by atoms with Crippen molar-refractivity contribution in [3.05, 3.63) is 95.7 Å². The minimum absolute atomic E-state index is 0.0671. The van der Waals surface area contributed by atoms with Crippen LogP contribution in [-0.2, 0) is 16.0 Å². The molecular formula is C29H22N2O7. The van der Waals surface area contributed by atoms with Gasteiger partial charge in [-0.2, -0.15) is 0 Å². The number of hydrogen-bond donors (Lipinski definition) is 3. The van der Waals surface area contributed by atoms with E-state index in [1.807, 2.05) is 30.3 Å². The van der Waals surface area contributed by atoms with E-state index in [4.69, 9.17) is 9.15 Å². The van der Waals surface area contributed by atoms with Crippen molar-refractivity contribution in [3.63, 3.8) is 0 Å². The second-order valence-electron chi connectivity index (χ2n) is 8.66. The lowest BCUT2D eigenvalue weighted by atomic mass is 10.0. The lowest BCUT2D eigenvalue weighted by Crippen LogP contribution is -2.43. The molecule has 3 N–H and O–H groups in total. The summed E-state index contributed by atoms with van der Waals surface area (Å²) in [4.78, 5) is 42.0. The molecular weight excluding hydrogens is 488 g/mol. The highest BCUT2D eigenvalue weighted by Crippen LogP contribution is 2.31. The number of hydrogen-bond acceptors (Lipinski definition) is 7. The van der Waals surface area contributed by atoms with Crippen LogP contribution in [0.2, 0.25) is 0 Å². The largest absolute Gasteiger partial charge is 0.508 e. The predicted molar refractivity (Wildman–Crippen MR) is 139 cm³/mol. The van der Waals surface area contributed by atoms with Crippen LogP contribution in [0.15, 0.2) is 83.3 Å². The van der Waals surface area contributed by atoms with Gasteiger partial charge in [0.15, 0.2) is 0 Å². The van der Waals surface area contributed by atoms with E-state index in [1.165, 1.54) is 25.3 Å². The van der Waals surface area contributed by atoms with Gasteiger partial charge in [-0.05, 0) is 54.1 Å². The molecule has 0 fully saturated rings. The Hall–Kier alpha value is -5.18. The van der Waals surface area contributed by atoms with Crippen LogP contribution in [0.5, 0.6) is 5.75 Å². The summed E-state index contributed by atoms with van der Waals surface area (Å²) in [6, 6.07) is 20.7. The van der Waals surface area contributed by atoms with Crippen molar-refractivity contribution in [1.29, 1.82) is 0 Å². The molecule has 0 aliphatic rings. The molecule has 3 aromatic carbocycles. The molecule has 9 heteroatoms. The Morgan fingerprint density at radius 3 is 2.47 bits per heavy atom. The molecule has 1 amide bonds. The number of pyridine rings is 1. The van der Waals surface area contributed by atoms with Crippen LogP contribution in [0, 0.1) is 0 Å². The van der Waals surface area contributed by atoms with E-state index in [1.54, 1.807) is 30.3 Å². The fourth-order valence-corrected chi connectivity index (χ4v) is 4.23. The van der Waals surface area contributed by atoms with Gasteiger partial charge >= 0.3 is 11.9 Å². The predicted octanol–water partition coefficient (Wildman–Crippen LogP) is 4.57. The number of aromatic hydroxyl groups is 1. The van der Waals surface area contributed by atoms with Gasteiger partial charge in [-0.25, -0.2) is 14.6 Å². The number of phenolic OH excluding ortho intramolecular Hbond substituents is 1. The number of nitrogens with one attached hydrogen (secondary N) is 1. The number of para-hydroxylation sites is 1. The Labute approximate surface area is 216 Å². The molecule has 0 saturated carbocycles. The van der Waals surface area contributed by atoms with Crippen LogP contribution in [-0.4, -0.2) is 46.2 Å². The molecule has 0 radical (unpaired) electrons. The van der Waals surface area contributed by atoms with E-state index in [0.29, 0.717) is 33.4 Å². The highest BCUT2D eigenvalue weighted by Gasteiger charge is 2.25. The number of furan rings is 1. The number of amides is 1. The van der Waals surface area contributed by atoms with Crippen LogP contribution in [0.4, 0.5) is 0 Å². The Bertz CT molecular complexity index is 1660. The van der Waals surface area contributed by atoms with Gasteiger partial charge in [-0.1, -0.05) is 30.3 Å². The molecule has 0 spiro atoms. The lowest BCUT2D eigenvalue weighted by Gasteiger charge is -2.17. The van der Waals surface area contributed by atoms with Crippen molar-refractivity contribution in [3.8, 4) is 17.1 Å². The Morgan fingerprint density at radius 2 is 1.76 bits per heavy atom. The summed E-state index contributed by atoms with van der Waals surface area (Å²) in [5, 5.41) is 23.2. The number of fused-ring (bicyclic) bond motifs is 2. The molecule has 0 aliphatic carbocycles. The number of ether oxygens (including phenoxy) is 1. The minimum Gasteiger partial charge on any atom is -0.508 e. The quantitative estimate of drug-likeness (QED) is 0.271. The van der Waals surface area contributed by atoms with Crippen LogP contribution in [0.3, 0.4) is 0 Å². The summed E-state index contributed by atoms with van der Waals surface area (Å²) in [6.07, 6.45) is 0.0962. The van der Waals surface area contributed by atoms with Gasteiger partial charge in [0.1, 0.15) is 28.8 Å². The van der Waals surface area contributed by atoms with Gasteiger partial charge in [0.2, 0.25) is 0 Å². The summed E-state index contributed by atoms with van der Waals surface area (Å²) in [6.45, 7) is 0. The number of carboxylic acid groups (broad SMARTS) is 1. The second-order valence-corrected chi connectivity index (χ2v) is 8.66. The average molecular weight is 511 g/mol. The molecule has 190 valence electrons. The molecule has 0 bridgehead atoms. The SMILES string of the molecule is COC(=O)[C@H](Cc1ccc(O)cc1)NC(=O)c1cc(C(=O)O)c2cc(-c3cc4ccccc4o3)ccc2n1. The van der Waals surface area contributed by atoms with Crippen LogP contribution in [0.1, 0.15) is 26.4 Å². The average Bonchev–Trinajstić information content (AvgIpc) is 3.36. The molecule has 2 heterocycles. The first-order valence-electron chi connectivity index (χ1n) is 11.7. The molecule has 9 nitrogen and oxygen atoms in total. The van der Waals surface area contributed by atoms with Crippen LogP contribution < -0.4 is 5.32 Å². The van der Waals surface area contributed by atoms with E-state index < -0.39 is 23.9 Å². The van der Waals surface area contributed by atoms with Crippen molar-refractivity contribution in [1.82, 2.24) is 10.3 Å². The highest BCUT2D eigenvalue weighted by atomic mass is 16.5. The molecule has 0 saturated heterocycles. The van der Waals surface area contributed by atoms with E-state index in [2.05, 4.69) is 10.3 Å². The van der Waals surface area contributed by atoms with Gasteiger partial charge in [0.05, 0.1) is 18.2 Å². The van der Waals surface area contributed by atoms with E-state index in [0.717, 1.165) is 5.39 Å². The van der Waals surface area contributed by atoms with Crippen molar-refractivity contribution in [2.24, 2.45) is 0 Å². The summed E-state index contributed by atoms with van der Waals surface area (Å²) in [5.41, 5.74) is 2.06. The third-order valence-electron chi connectivity index (χ3n) is 6.15. The monoisotopic (exact) mass is 510 g/mol. The fourth-order valence-electron chi connectivity index (χ4n) is 4.23. The summed E-state index contributed by atoms with van der Waals surface area (Å²) < 4.78 is 10.7. The van der Waals surface area contributed by atoms with E-state index in [9.17, 15) is 24.6 Å². The maximum atomic E-state index is 13.1. The number of aromatic nitrogens is 1. The van der Waals surface area contributed by atoms with Crippen LogP contribution in [0.25, 0.3) is 33.2 Å². The normalized spacial score (nSPS) is 11.8. The molecule has 38 heavy (non-hydrogen) atoms. The second kappa shape index (κ2) is 10.1. The van der Waals surface area contributed by atoms with Gasteiger partial charge in [0.25, 0.3) is 5.91 Å². The maximum Gasteiger partial charge on any atom is 0.336 e. The third-order valence-corrected chi connectivity index (χ3v) is 6.15. The number of benzene rings is 3. The fraction of sp³-hybridized carbons (Fsp3) is 0.103. The number of carbonyl (C=O) groups excluding carboxylic acids is 2. The lowest BCUT2D eigenvalue weighted by molar-refractivity contribution is -0.142. The maximum absolute atomic E-state index is 13.1. The van der Waals surface area contributed by atoms with Crippen LogP contribution >= 0.6 is 0 Å². The molecule has 1 atom stereocenters. The number of aromatic carboxylic acids is 1. The van der Waals surface area contributed by atoms with Crippen molar-refractivity contribution in [2.45, 2.75) is 12.5 Å². The number of rotatable bonds is 7. The number of carboxylic acids is 1. The van der Waals surface area contributed by atoms with Gasteiger partial charge in [-0.15, -0.1) is 0 Å². The summed E-state index contributed by atoms with van der Waals surface area (Å²) in [7, 11) is 1.20. The van der Waals surface area contributed by atoms with Gasteiger partial charge in [-0.3, -0.25) is 4.79 Å². The molecule has 5 rings (SSSR count). The Morgan fingerprint density at radius 1 is 1.00 bits per heavy atom. The topological polar surface area (TPSA) is 139 Å². The standard InChI is InChI=1S/C29H22N2O7/c1-37-29(36)24(12-16-6-9-19(32)10-7-16)31-27(33)23-15-21(28(34)35)20-13-18(8-11-22(20)30-23)26-14-17-4-2-3-5-25(17)38-26/h2-11,13-15,24,32H,12H2,1H3,(H,31,33)(H,34,35)/t24-/m0/s1.